The molecule has 33 heavy (non-hydrogen) atoms. The fourth-order valence-corrected chi connectivity index (χ4v) is 5.53. The van der Waals surface area contributed by atoms with Crippen molar-refractivity contribution in [2.24, 2.45) is 0 Å². The summed E-state index contributed by atoms with van der Waals surface area (Å²) < 4.78 is 26.0. The van der Waals surface area contributed by atoms with E-state index in [4.69, 9.17) is 0 Å². The first-order valence-electron chi connectivity index (χ1n) is 11.2. The number of benzene rings is 3. The van der Waals surface area contributed by atoms with Crippen LogP contribution >= 0.6 is 0 Å². The van der Waals surface area contributed by atoms with Gasteiger partial charge in [0.15, 0.2) is 9.84 Å². The molecule has 172 valence electrons. The maximum atomic E-state index is 13.0. The lowest BCUT2D eigenvalue weighted by Gasteiger charge is -2.23. The molecule has 1 heterocycles. The number of fused-ring (bicyclic) bond motifs is 1. The van der Waals surface area contributed by atoms with Gasteiger partial charge in [-0.15, -0.1) is 0 Å². The highest BCUT2D eigenvalue weighted by molar-refractivity contribution is 7.90. The summed E-state index contributed by atoms with van der Waals surface area (Å²) in [4.78, 5) is 14.6. The Morgan fingerprint density at radius 3 is 2.36 bits per heavy atom. The molecule has 4 rings (SSSR count). The van der Waals surface area contributed by atoms with Crippen LogP contribution in [0.15, 0.2) is 77.7 Å². The van der Waals surface area contributed by atoms with Crippen molar-refractivity contribution in [3.63, 3.8) is 0 Å². The summed E-state index contributed by atoms with van der Waals surface area (Å²) in [5.74, 6) is -0.0348. The van der Waals surface area contributed by atoms with Crippen LogP contribution in [0.4, 0.5) is 0 Å². The quantitative estimate of drug-likeness (QED) is 0.578. The number of nitrogens with one attached hydrogen (secondary N) is 1. The van der Waals surface area contributed by atoms with Crippen LogP contribution in [-0.2, 0) is 46.3 Å². The van der Waals surface area contributed by atoms with Crippen LogP contribution in [0, 0.1) is 0 Å². The average Bonchev–Trinajstić information content (AvgIpc) is 2.79. The molecule has 0 saturated heterocycles. The van der Waals surface area contributed by atoms with Crippen molar-refractivity contribution in [1.82, 2.24) is 10.2 Å². The van der Waals surface area contributed by atoms with E-state index in [1.807, 2.05) is 48.5 Å². The van der Waals surface area contributed by atoms with Gasteiger partial charge < -0.3 is 10.2 Å². The van der Waals surface area contributed by atoms with Gasteiger partial charge in [0.05, 0.1) is 17.1 Å². The third-order valence-electron chi connectivity index (χ3n) is 6.12. The molecule has 1 amide bonds. The van der Waals surface area contributed by atoms with Gasteiger partial charge in [0.2, 0.25) is 5.91 Å². The zero-order valence-electron chi connectivity index (χ0n) is 19.1. The molecule has 3 aromatic carbocycles. The Morgan fingerprint density at radius 1 is 0.939 bits per heavy atom. The number of carbonyl (C=O) groups is 1. The second-order valence-electron chi connectivity index (χ2n) is 8.90. The maximum Gasteiger partial charge on any atom is 0.227 e. The van der Waals surface area contributed by atoms with E-state index in [0.717, 1.165) is 29.7 Å². The molecule has 0 bridgehead atoms. The van der Waals surface area contributed by atoms with E-state index >= 15 is 0 Å². The minimum Gasteiger partial charge on any atom is -0.341 e. The van der Waals surface area contributed by atoms with E-state index in [9.17, 15) is 13.2 Å². The summed E-state index contributed by atoms with van der Waals surface area (Å²) in [6, 6.07) is 22.9. The molecular weight excluding hydrogens is 432 g/mol. The van der Waals surface area contributed by atoms with Gasteiger partial charge in [0.1, 0.15) is 0 Å². The summed E-state index contributed by atoms with van der Waals surface area (Å²) in [7, 11) is -1.69. The maximum absolute atomic E-state index is 13.0. The Labute approximate surface area is 196 Å². The minimum absolute atomic E-state index is 0.00719. The number of nitrogens with zero attached hydrogens (tertiary/aromatic N) is 1. The molecule has 3 aromatic rings. The lowest BCUT2D eigenvalue weighted by molar-refractivity contribution is -0.129. The van der Waals surface area contributed by atoms with Crippen LogP contribution in [0.2, 0.25) is 0 Å². The van der Waals surface area contributed by atoms with Crippen LogP contribution in [0.3, 0.4) is 0 Å². The minimum atomic E-state index is -3.47. The second-order valence-corrected chi connectivity index (χ2v) is 10.9. The third kappa shape index (κ3) is 5.89. The first-order valence-corrected chi connectivity index (χ1v) is 12.9. The predicted molar refractivity (Wildman–Crippen MR) is 130 cm³/mol. The molecule has 5 nitrogen and oxygen atoms in total. The molecule has 1 aliphatic rings. The molecule has 6 heteroatoms. The van der Waals surface area contributed by atoms with E-state index in [1.54, 1.807) is 36.2 Å². The molecular formula is C27H30N2O3S. The van der Waals surface area contributed by atoms with Crippen LogP contribution in [0.1, 0.15) is 34.7 Å². The summed E-state index contributed by atoms with van der Waals surface area (Å²) in [6.07, 6.45) is 1.14. The Morgan fingerprint density at radius 2 is 1.64 bits per heavy atom. The van der Waals surface area contributed by atoms with Crippen molar-refractivity contribution in [3.05, 3.63) is 101 Å². The van der Waals surface area contributed by atoms with Gasteiger partial charge in [-0.05, 0) is 53.3 Å². The fourth-order valence-electron chi connectivity index (χ4n) is 4.19. The number of likely N-dealkylation sites (N-methyl/N-ethyl adjacent to an activating group) is 1. The number of rotatable bonds is 7. The summed E-state index contributed by atoms with van der Waals surface area (Å²) in [6.45, 7) is 3.50. The van der Waals surface area contributed by atoms with Gasteiger partial charge in [0, 0.05) is 26.2 Å². The number of amides is 1. The highest BCUT2D eigenvalue weighted by atomic mass is 32.2. The smallest absolute Gasteiger partial charge is 0.227 e. The highest BCUT2D eigenvalue weighted by Gasteiger charge is 2.19. The van der Waals surface area contributed by atoms with Gasteiger partial charge >= 0.3 is 0 Å². The van der Waals surface area contributed by atoms with Gasteiger partial charge in [-0.3, -0.25) is 4.79 Å². The molecule has 0 spiro atoms. The molecule has 0 saturated carbocycles. The van der Waals surface area contributed by atoms with Crippen molar-refractivity contribution >= 4 is 15.7 Å². The normalized spacial score (nSPS) is 15.6. The fraction of sp³-hybridized carbons (Fsp3) is 0.296. The average molecular weight is 463 g/mol. The van der Waals surface area contributed by atoms with Crippen LogP contribution in [0.25, 0.3) is 0 Å². The van der Waals surface area contributed by atoms with Crippen molar-refractivity contribution in [3.8, 4) is 0 Å². The van der Waals surface area contributed by atoms with E-state index in [-0.39, 0.29) is 23.0 Å². The van der Waals surface area contributed by atoms with Crippen LogP contribution in [-0.4, -0.2) is 32.3 Å². The first kappa shape index (κ1) is 23.2. The topological polar surface area (TPSA) is 66.5 Å². The molecule has 1 unspecified atom stereocenters. The van der Waals surface area contributed by atoms with E-state index in [2.05, 4.69) is 12.2 Å². The molecule has 1 atom stereocenters. The molecule has 0 radical (unpaired) electrons. The summed E-state index contributed by atoms with van der Waals surface area (Å²) in [5, 5.41) is 3.42. The first-order chi connectivity index (χ1) is 15.8. The molecule has 1 N–H and O–H groups in total. The zero-order chi connectivity index (χ0) is 23.4. The Kier molecular flexibility index (Phi) is 6.96. The Bertz CT molecular complexity index is 1220. The highest BCUT2D eigenvalue weighted by Crippen LogP contribution is 2.22. The number of hydrogen-bond acceptors (Lipinski definition) is 4. The van der Waals surface area contributed by atoms with E-state index in [0.29, 0.717) is 12.6 Å². The van der Waals surface area contributed by atoms with Gasteiger partial charge in [-0.25, -0.2) is 8.42 Å². The Balaban J connectivity index is 1.40. The van der Waals surface area contributed by atoms with Crippen molar-refractivity contribution in [2.45, 2.75) is 49.5 Å². The van der Waals surface area contributed by atoms with Crippen molar-refractivity contribution < 1.29 is 13.2 Å². The second kappa shape index (κ2) is 9.89. The number of carbonyl (C=O) groups excluding carboxylic acids is 1. The van der Waals surface area contributed by atoms with Crippen molar-refractivity contribution in [2.75, 3.05) is 7.05 Å². The SMILES string of the molecule is CC1Cc2cc(CS(=O)(=O)c3ccc(CC(=O)N(C)Cc4ccccc4)cc3)ccc2CN1. The van der Waals surface area contributed by atoms with Gasteiger partial charge in [-0.1, -0.05) is 60.7 Å². The summed E-state index contributed by atoms with van der Waals surface area (Å²) >= 11 is 0. The summed E-state index contributed by atoms with van der Waals surface area (Å²) in [5.41, 5.74) is 5.14. The number of hydrogen-bond donors (Lipinski definition) is 1. The lowest BCUT2D eigenvalue weighted by Crippen LogP contribution is -2.32. The van der Waals surface area contributed by atoms with Crippen LogP contribution < -0.4 is 5.32 Å². The molecule has 0 aliphatic carbocycles. The van der Waals surface area contributed by atoms with Crippen molar-refractivity contribution in [1.29, 1.82) is 0 Å². The Hall–Kier alpha value is -2.96. The largest absolute Gasteiger partial charge is 0.341 e. The monoisotopic (exact) mass is 462 g/mol. The molecule has 1 aliphatic heterocycles. The van der Waals surface area contributed by atoms with E-state index < -0.39 is 9.84 Å². The number of sulfone groups is 1. The van der Waals surface area contributed by atoms with Gasteiger partial charge in [-0.2, -0.15) is 0 Å². The zero-order valence-corrected chi connectivity index (χ0v) is 19.9. The van der Waals surface area contributed by atoms with Crippen LogP contribution in [0.5, 0.6) is 0 Å². The standard InChI is InChI=1S/C27H30N2O3S/c1-20-14-25-15-23(8-11-24(25)17-28-20)19-33(31,32)26-12-9-21(10-13-26)16-27(30)29(2)18-22-6-4-3-5-7-22/h3-13,15,20,28H,14,16-19H2,1-2H3. The predicted octanol–water partition coefficient (Wildman–Crippen LogP) is 3.90. The lowest BCUT2D eigenvalue weighted by atomic mass is 9.95. The molecule has 0 aromatic heterocycles. The van der Waals surface area contributed by atoms with Gasteiger partial charge in [0.25, 0.3) is 0 Å². The van der Waals surface area contributed by atoms with E-state index in [1.165, 1.54) is 11.1 Å². The molecule has 0 fully saturated rings. The third-order valence-corrected chi connectivity index (χ3v) is 7.82.